The highest BCUT2D eigenvalue weighted by Crippen LogP contribution is 2.13. The smallest absolute Gasteiger partial charge is 0.252 e. The summed E-state index contributed by atoms with van der Waals surface area (Å²) in [6, 6.07) is 1.51. The third kappa shape index (κ3) is 2.55. The van der Waals surface area contributed by atoms with E-state index in [1.807, 2.05) is 6.92 Å². The van der Waals surface area contributed by atoms with Gasteiger partial charge in [0.05, 0.1) is 6.04 Å². The molecule has 2 N–H and O–H groups in total. The molecule has 0 aromatic carbocycles. The summed E-state index contributed by atoms with van der Waals surface area (Å²) < 4.78 is 2.00. The number of aromatic nitrogens is 5. The average Bonchev–Trinajstić information content (AvgIpc) is 2.62. The molecule has 0 fully saturated rings. The Morgan fingerprint density at radius 2 is 2.00 bits per heavy atom. The molecule has 16 heavy (non-hydrogen) atoms. The number of hydrogen-bond donors (Lipinski definition) is 1. The molecule has 2 aromatic rings. The zero-order chi connectivity index (χ0) is 10.8. The molecule has 0 amide bonds. The molecule has 0 aliphatic heterocycles. The van der Waals surface area contributed by atoms with Crippen LogP contribution in [0.2, 0.25) is 0 Å². The molecule has 1 unspecified atom stereocenters. The lowest BCUT2D eigenvalue weighted by atomic mass is 10.3. The predicted molar refractivity (Wildman–Crippen MR) is 64.5 cm³/mol. The van der Waals surface area contributed by atoms with Crippen molar-refractivity contribution in [2.45, 2.75) is 13.0 Å². The van der Waals surface area contributed by atoms with Crippen LogP contribution < -0.4 is 5.73 Å². The standard InChI is InChI=1S/C8H9BrN6.ClH/c1-5(10)6-13-7(9)14-15(6)8-11-3-2-4-12-8;/h2-5H,10H2,1H3;1H. The molecule has 0 bridgehead atoms. The third-order valence-electron chi connectivity index (χ3n) is 1.76. The van der Waals surface area contributed by atoms with E-state index in [0.717, 1.165) is 0 Å². The number of nitrogens with two attached hydrogens (primary N) is 1. The van der Waals surface area contributed by atoms with Crippen LogP contribution in [0.25, 0.3) is 5.95 Å². The molecule has 0 saturated heterocycles. The van der Waals surface area contributed by atoms with Crippen LogP contribution >= 0.6 is 28.3 Å². The molecular weight excluding hydrogens is 295 g/mol. The SMILES string of the molecule is CC(N)c1nc(Br)nn1-c1ncccn1.Cl. The molecule has 0 aliphatic carbocycles. The van der Waals surface area contributed by atoms with Gasteiger partial charge in [-0.25, -0.2) is 15.0 Å². The molecule has 2 aromatic heterocycles. The highest BCUT2D eigenvalue weighted by atomic mass is 79.9. The summed E-state index contributed by atoms with van der Waals surface area (Å²) in [5.74, 6) is 1.08. The van der Waals surface area contributed by atoms with Crippen molar-refractivity contribution < 1.29 is 0 Å². The molecule has 0 saturated carbocycles. The van der Waals surface area contributed by atoms with Crippen molar-refractivity contribution in [3.63, 3.8) is 0 Å². The van der Waals surface area contributed by atoms with Crippen LogP contribution in [0.5, 0.6) is 0 Å². The van der Waals surface area contributed by atoms with Crippen molar-refractivity contribution in [1.82, 2.24) is 24.7 Å². The van der Waals surface area contributed by atoms with E-state index in [1.54, 1.807) is 18.5 Å². The lowest BCUT2D eigenvalue weighted by molar-refractivity contribution is 0.668. The molecule has 2 rings (SSSR count). The highest BCUT2D eigenvalue weighted by Gasteiger charge is 2.14. The second-order valence-electron chi connectivity index (χ2n) is 2.99. The van der Waals surface area contributed by atoms with E-state index in [-0.39, 0.29) is 18.4 Å². The van der Waals surface area contributed by atoms with Gasteiger partial charge in [0.2, 0.25) is 4.73 Å². The second kappa shape index (κ2) is 5.33. The van der Waals surface area contributed by atoms with Crippen molar-refractivity contribution in [3.05, 3.63) is 29.0 Å². The number of halogens is 2. The highest BCUT2D eigenvalue weighted by molar-refractivity contribution is 9.10. The van der Waals surface area contributed by atoms with Crippen LogP contribution in [0.1, 0.15) is 18.8 Å². The number of nitrogens with zero attached hydrogens (tertiary/aromatic N) is 5. The molecule has 0 aliphatic rings. The monoisotopic (exact) mass is 304 g/mol. The Morgan fingerprint density at radius 3 is 2.56 bits per heavy atom. The fourth-order valence-corrected chi connectivity index (χ4v) is 1.48. The van der Waals surface area contributed by atoms with Crippen LogP contribution in [-0.4, -0.2) is 24.7 Å². The molecule has 86 valence electrons. The minimum atomic E-state index is -0.229. The normalized spacial score (nSPS) is 11.9. The molecule has 0 spiro atoms. The van der Waals surface area contributed by atoms with E-state index in [2.05, 4.69) is 36.0 Å². The van der Waals surface area contributed by atoms with Crippen LogP contribution in [0.3, 0.4) is 0 Å². The summed E-state index contributed by atoms with van der Waals surface area (Å²) in [6.07, 6.45) is 3.28. The Labute approximate surface area is 107 Å². The molecule has 6 nitrogen and oxygen atoms in total. The van der Waals surface area contributed by atoms with Gasteiger partial charge in [-0.15, -0.1) is 17.5 Å². The Morgan fingerprint density at radius 1 is 1.38 bits per heavy atom. The first-order chi connectivity index (χ1) is 7.18. The summed E-state index contributed by atoms with van der Waals surface area (Å²) in [6.45, 7) is 1.83. The van der Waals surface area contributed by atoms with E-state index in [9.17, 15) is 0 Å². The summed E-state index contributed by atoms with van der Waals surface area (Å²) in [5, 5.41) is 4.12. The summed E-state index contributed by atoms with van der Waals surface area (Å²) in [4.78, 5) is 12.3. The van der Waals surface area contributed by atoms with E-state index >= 15 is 0 Å². The fraction of sp³-hybridized carbons (Fsp3) is 0.250. The minimum absolute atomic E-state index is 0. The van der Waals surface area contributed by atoms with Gasteiger partial charge in [-0.05, 0) is 28.9 Å². The van der Waals surface area contributed by atoms with Gasteiger partial charge in [0.15, 0.2) is 5.82 Å². The molecular formula is C8H10BrClN6. The maximum absolute atomic E-state index is 5.77. The lowest BCUT2D eigenvalue weighted by Gasteiger charge is -2.05. The quantitative estimate of drug-likeness (QED) is 0.903. The Kier molecular flexibility index (Phi) is 4.34. The number of hydrogen-bond acceptors (Lipinski definition) is 5. The average molecular weight is 306 g/mol. The zero-order valence-corrected chi connectivity index (χ0v) is 10.8. The van der Waals surface area contributed by atoms with Crippen molar-refractivity contribution in [3.8, 4) is 5.95 Å². The predicted octanol–water partition coefficient (Wildman–Crippen LogP) is 1.26. The molecule has 8 heteroatoms. The first-order valence-electron chi connectivity index (χ1n) is 4.34. The second-order valence-corrected chi connectivity index (χ2v) is 3.70. The van der Waals surface area contributed by atoms with Gasteiger partial charge in [-0.3, -0.25) is 0 Å². The molecule has 2 heterocycles. The lowest BCUT2D eigenvalue weighted by Crippen LogP contribution is -2.14. The maximum Gasteiger partial charge on any atom is 0.252 e. The van der Waals surface area contributed by atoms with Crippen molar-refractivity contribution in [2.24, 2.45) is 5.73 Å². The zero-order valence-electron chi connectivity index (χ0n) is 8.41. The summed E-state index contributed by atoms with van der Waals surface area (Å²) >= 11 is 3.19. The van der Waals surface area contributed by atoms with Crippen LogP contribution in [-0.2, 0) is 0 Å². The van der Waals surface area contributed by atoms with Gasteiger partial charge >= 0.3 is 0 Å². The molecule has 0 radical (unpaired) electrons. The van der Waals surface area contributed by atoms with Crippen molar-refractivity contribution in [2.75, 3.05) is 0 Å². The topological polar surface area (TPSA) is 82.5 Å². The fourth-order valence-electron chi connectivity index (χ4n) is 1.14. The Balaban J connectivity index is 0.00000128. The van der Waals surface area contributed by atoms with Gasteiger partial charge in [-0.1, -0.05) is 0 Å². The Bertz CT molecular complexity index is 457. The van der Waals surface area contributed by atoms with E-state index in [0.29, 0.717) is 16.5 Å². The van der Waals surface area contributed by atoms with E-state index in [4.69, 9.17) is 5.73 Å². The largest absolute Gasteiger partial charge is 0.322 e. The van der Waals surface area contributed by atoms with Gasteiger partial charge in [0.1, 0.15) is 0 Å². The van der Waals surface area contributed by atoms with Gasteiger partial charge in [-0.2, -0.15) is 4.68 Å². The van der Waals surface area contributed by atoms with E-state index in [1.165, 1.54) is 4.68 Å². The minimum Gasteiger partial charge on any atom is -0.322 e. The van der Waals surface area contributed by atoms with Crippen LogP contribution in [0, 0.1) is 0 Å². The summed E-state index contributed by atoms with van der Waals surface area (Å²) in [7, 11) is 0. The van der Waals surface area contributed by atoms with Crippen molar-refractivity contribution in [1.29, 1.82) is 0 Å². The van der Waals surface area contributed by atoms with Gasteiger partial charge < -0.3 is 5.73 Å². The van der Waals surface area contributed by atoms with Crippen molar-refractivity contribution >= 4 is 28.3 Å². The first-order valence-corrected chi connectivity index (χ1v) is 5.13. The van der Waals surface area contributed by atoms with Gasteiger partial charge in [0, 0.05) is 12.4 Å². The van der Waals surface area contributed by atoms with Crippen LogP contribution in [0.15, 0.2) is 23.2 Å². The van der Waals surface area contributed by atoms with Crippen LogP contribution in [0.4, 0.5) is 0 Å². The van der Waals surface area contributed by atoms with Gasteiger partial charge in [0.25, 0.3) is 5.95 Å². The third-order valence-corrected chi connectivity index (χ3v) is 2.09. The first kappa shape index (κ1) is 13.0. The molecule has 1 atom stereocenters. The summed E-state index contributed by atoms with van der Waals surface area (Å²) in [5.41, 5.74) is 5.77. The maximum atomic E-state index is 5.77. The number of rotatable bonds is 2. The Hall–Kier alpha value is -1.05. The van der Waals surface area contributed by atoms with E-state index < -0.39 is 0 Å².